The smallest absolute Gasteiger partial charge is 0.153 e. The number of aromatic nitrogens is 2. The first kappa shape index (κ1) is 12.8. The fraction of sp³-hybridized carbons (Fsp3) is 0.636. The van der Waals surface area contributed by atoms with Gasteiger partial charge in [-0.05, 0) is 5.92 Å². The van der Waals surface area contributed by atoms with Crippen LogP contribution in [0.5, 0.6) is 0 Å². The van der Waals surface area contributed by atoms with Crippen molar-refractivity contribution < 1.29 is 0 Å². The van der Waals surface area contributed by atoms with Crippen LogP contribution < -0.4 is 10.6 Å². The van der Waals surface area contributed by atoms with Crippen molar-refractivity contribution in [2.45, 2.75) is 19.1 Å². The molecular weight excluding hydrogens is 256 g/mol. The summed E-state index contributed by atoms with van der Waals surface area (Å²) in [6, 6.07) is 0. The lowest BCUT2D eigenvalue weighted by molar-refractivity contribution is 0.580. The average molecular weight is 273 g/mol. The van der Waals surface area contributed by atoms with Crippen LogP contribution in [-0.2, 0) is 0 Å². The lowest BCUT2D eigenvalue weighted by Crippen LogP contribution is -2.40. The summed E-state index contributed by atoms with van der Waals surface area (Å²) in [5.74, 6) is 2.88. The molecule has 1 aromatic heterocycles. The maximum Gasteiger partial charge on any atom is 0.153 e. The highest BCUT2D eigenvalue weighted by atomic mass is 35.5. The van der Waals surface area contributed by atoms with Crippen LogP contribution in [-0.4, -0.2) is 34.1 Å². The highest BCUT2D eigenvalue weighted by Gasteiger charge is 2.25. The monoisotopic (exact) mass is 272 g/mol. The molecule has 0 spiro atoms. The summed E-state index contributed by atoms with van der Waals surface area (Å²) in [7, 11) is 0. The van der Waals surface area contributed by atoms with E-state index >= 15 is 0 Å². The molecule has 1 saturated heterocycles. The van der Waals surface area contributed by atoms with E-state index < -0.39 is 0 Å². The van der Waals surface area contributed by atoms with E-state index in [2.05, 4.69) is 28.7 Å². The van der Waals surface area contributed by atoms with Crippen molar-refractivity contribution in [3.8, 4) is 0 Å². The van der Waals surface area contributed by atoms with Crippen LogP contribution in [0.15, 0.2) is 6.33 Å². The highest BCUT2D eigenvalue weighted by Crippen LogP contribution is 2.32. The van der Waals surface area contributed by atoms with E-state index in [1.54, 1.807) is 0 Å². The molecule has 1 aliphatic rings. The van der Waals surface area contributed by atoms with Crippen LogP contribution >= 0.6 is 23.4 Å². The summed E-state index contributed by atoms with van der Waals surface area (Å²) in [6.07, 6.45) is 1.47. The van der Waals surface area contributed by atoms with Gasteiger partial charge in [-0.3, -0.25) is 0 Å². The minimum absolute atomic E-state index is 0.357. The third-order valence-corrected chi connectivity index (χ3v) is 4.84. The van der Waals surface area contributed by atoms with E-state index in [0.717, 1.165) is 24.7 Å². The molecule has 1 aromatic rings. The summed E-state index contributed by atoms with van der Waals surface area (Å²) in [5, 5.41) is 1.10. The molecule has 4 nitrogen and oxygen atoms in total. The zero-order valence-electron chi connectivity index (χ0n) is 10.1. The summed E-state index contributed by atoms with van der Waals surface area (Å²) in [6.45, 7) is 6.43. The number of halogens is 1. The van der Waals surface area contributed by atoms with E-state index in [-0.39, 0.29) is 0 Å². The van der Waals surface area contributed by atoms with Gasteiger partial charge >= 0.3 is 0 Å². The minimum atomic E-state index is 0.357. The molecule has 94 valence electrons. The number of nitrogens with two attached hydrogens (primary N) is 1. The Hall–Kier alpha value is -0.680. The van der Waals surface area contributed by atoms with Crippen molar-refractivity contribution in [3.05, 3.63) is 11.3 Å². The first-order valence-electron chi connectivity index (χ1n) is 5.72. The molecule has 0 aromatic carbocycles. The third kappa shape index (κ3) is 2.77. The van der Waals surface area contributed by atoms with Gasteiger partial charge in [-0.2, -0.15) is 11.8 Å². The van der Waals surface area contributed by atoms with Crippen molar-refractivity contribution in [1.82, 2.24) is 9.97 Å². The summed E-state index contributed by atoms with van der Waals surface area (Å²) >= 11 is 8.18. The van der Waals surface area contributed by atoms with E-state index in [4.69, 9.17) is 17.3 Å². The molecule has 1 aliphatic heterocycles. The maximum absolute atomic E-state index is 6.16. The number of nitrogen functional groups attached to an aromatic ring is 1. The Labute approximate surface area is 111 Å². The molecule has 0 bridgehead atoms. The quantitative estimate of drug-likeness (QED) is 0.895. The normalized spacial score (nSPS) is 20.9. The Bertz CT molecular complexity index is 399. The Balaban J connectivity index is 2.19. The Morgan fingerprint density at radius 3 is 3.00 bits per heavy atom. The van der Waals surface area contributed by atoms with Gasteiger partial charge in [0.15, 0.2) is 5.82 Å². The standard InChI is InChI=1S/C11H17ClN4S/c1-7(2)8-5-16(3-4-17-8)11-9(12)10(13)14-6-15-11/h6-8H,3-5H2,1-2H3,(H2,13,14,15)/t8-/m0/s1. The maximum atomic E-state index is 6.16. The molecule has 1 atom stereocenters. The second kappa shape index (κ2) is 5.31. The number of anilines is 2. The molecule has 2 rings (SSSR count). The molecule has 0 unspecified atom stereocenters. The van der Waals surface area contributed by atoms with Crippen LogP contribution in [0.2, 0.25) is 5.02 Å². The van der Waals surface area contributed by atoms with Crippen LogP contribution in [0.3, 0.4) is 0 Å². The Morgan fingerprint density at radius 1 is 1.53 bits per heavy atom. The Morgan fingerprint density at radius 2 is 2.29 bits per heavy atom. The zero-order valence-corrected chi connectivity index (χ0v) is 11.6. The highest BCUT2D eigenvalue weighted by molar-refractivity contribution is 8.00. The third-order valence-electron chi connectivity index (χ3n) is 2.93. The van der Waals surface area contributed by atoms with Gasteiger partial charge in [0.05, 0.1) is 0 Å². The van der Waals surface area contributed by atoms with Crippen molar-refractivity contribution >= 4 is 35.0 Å². The predicted octanol–water partition coefficient (Wildman–Crippen LogP) is 2.29. The largest absolute Gasteiger partial charge is 0.382 e. The van der Waals surface area contributed by atoms with Gasteiger partial charge in [-0.25, -0.2) is 9.97 Å². The second-order valence-corrected chi connectivity index (χ2v) is 6.22. The topological polar surface area (TPSA) is 55.0 Å². The van der Waals surface area contributed by atoms with Crippen molar-refractivity contribution in [1.29, 1.82) is 0 Å². The van der Waals surface area contributed by atoms with E-state index in [0.29, 0.717) is 22.0 Å². The number of thioether (sulfide) groups is 1. The van der Waals surface area contributed by atoms with Crippen molar-refractivity contribution in [3.63, 3.8) is 0 Å². The first-order valence-corrected chi connectivity index (χ1v) is 7.14. The molecule has 2 N–H and O–H groups in total. The van der Waals surface area contributed by atoms with Gasteiger partial charge in [0.2, 0.25) is 0 Å². The van der Waals surface area contributed by atoms with Crippen molar-refractivity contribution in [2.75, 3.05) is 29.5 Å². The molecule has 17 heavy (non-hydrogen) atoms. The summed E-state index contributed by atoms with van der Waals surface area (Å²) in [5.41, 5.74) is 5.71. The predicted molar refractivity (Wildman–Crippen MR) is 74.8 cm³/mol. The van der Waals surface area contributed by atoms with Crippen LogP contribution in [0.4, 0.5) is 11.6 Å². The number of hydrogen-bond acceptors (Lipinski definition) is 5. The number of nitrogens with zero attached hydrogens (tertiary/aromatic N) is 3. The zero-order chi connectivity index (χ0) is 12.4. The molecule has 0 aliphatic carbocycles. The van der Waals surface area contributed by atoms with E-state index in [1.165, 1.54) is 6.33 Å². The van der Waals surface area contributed by atoms with Crippen molar-refractivity contribution in [2.24, 2.45) is 5.92 Å². The van der Waals surface area contributed by atoms with Gasteiger partial charge in [0, 0.05) is 24.1 Å². The van der Waals surface area contributed by atoms with Crippen LogP contribution in [0.25, 0.3) is 0 Å². The summed E-state index contributed by atoms with van der Waals surface area (Å²) in [4.78, 5) is 10.4. The van der Waals surface area contributed by atoms with Crippen LogP contribution in [0, 0.1) is 5.92 Å². The Kier molecular flexibility index (Phi) is 3.99. The van der Waals surface area contributed by atoms with Gasteiger partial charge in [-0.15, -0.1) is 0 Å². The molecule has 0 amide bonds. The summed E-state index contributed by atoms with van der Waals surface area (Å²) < 4.78 is 0. The van der Waals surface area contributed by atoms with Gasteiger partial charge in [0.1, 0.15) is 17.2 Å². The number of hydrogen-bond donors (Lipinski definition) is 1. The molecule has 0 saturated carbocycles. The fourth-order valence-corrected chi connectivity index (χ4v) is 3.38. The molecule has 0 radical (unpaired) electrons. The lowest BCUT2D eigenvalue weighted by Gasteiger charge is -2.35. The fourth-order valence-electron chi connectivity index (χ4n) is 1.87. The van der Waals surface area contributed by atoms with Gasteiger partial charge in [-0.1, -0.05) is 25.4 Å². The number of rotatable bonds is 2. The van der Waals surface area contributed by atoms with Gasteiger partial charge in [0.25, 0.3) is 0 Å². The molecule has 1 fully saturated rings. The second-order valence-electron chi connectivity index (χ2n) is 4.50. The molecule has 2 heterocycles. The minimum Gasteiger partial charge on any atom is -0.382 e. The average Bonchev–Trinajstić information content (AvgIpc) is 2.33. The molecular formula is C11H17ClN4S. The van der Waals surface area contributed by atoms with Gasteiger partial charge < -0.3 is 10.6 Å². The SMILES string of the molecule is CC(C)[C@@H]1CN(c2ncnc(N)c2Cl)CCS1. The molecule has 6 heteroatoms. The first-order chi connectivity index (χ1) is 8.09. The lowest BCUT2D eigenvalue weighted by atomic mass is 10.1. The van der Waals surface area contributed by atoms with E-state index in [1.807, 2.05) is 11.8 Å². The van der Waals surface area contributed by atoms with Crippen LogP contribution in [0.1, 0.15) is 13.8 Å². The van der Waals surface area contributed by atoms with E-state index in [9.17, 15) is 0 Å².